The van der Waals surface area contributed by atoms with E-state index in [-0.39, 0.29) is 0 Å². The second-order valence-corrected chi connectivity index (χ2v) is 6.06. The molecule has 1 N–H and O–H groups in total. The van der Waals surface area contributed by atoms with E-state index in [4.69, 9.17) is 23.2 Å². The highest BCUT2D eigenvalue weighted by Crippen LogP contribution is 2.25. The van der Waals surface area contributed by atoms with Crippen LogP contribution in [0.2, 0.25) is 10.0 Å². The molecule has 22 heavy (non-hydrogen) atoms. The van der Waals surface area contributed by atoms with Crippen LogP contribution in [0, 0.1) is 0 Å². The highest BCUT2D eigenvalue weighted by atomic mass is 35.5. The maximum atomic E-state index is 6.16. The Labute approximate surface area is 141 Å². The van der Waals surface area contributed by atoms with Crippen molar-refractivity contribution in [1.29, 1.82) is 0 Å². The van der Waals surface area contributed by atoms with Crippen molar-refractivity contribution < 1.29 is 0 Å². The average molecular weight is 336 g/mol. The van der Waals surface area contributed by atoms with Crippen LogP contribution in [0.4, 0.5) is 5.69 Å². The summed E-state index contributed by atoms with van der Waals surface area (Å²) in [6.07, 6.45) is 0.842. The van der Waals surface area contributed by atoms with Crippen LogP contribution in [-0.4, -0.2) is 31.3 Å². The minimum atomic E-state index is 0.552. The van der Waals surface area contributed by atoms with Crippen molar-refractivity contribution in [3.63, 3.8) is 0 Å². The van der Waals surface area contributed by atoms with Gasteiger partial charge in [-0.1, -0.05) is 53.5 Å². The standard InChI is InChI=1S/C17H19Cl2N3/c1-22(2)11-10-16(13-6-4-3-5-7-13)20-21-17-9-8-14(18)12-15(17)19/h3-9,12,21H,10-11H2,1-2H3/b20-16-. The van der Waals surface area contributed by atoms with Gasteiger partial charge in [-0.05, 0) is 37.9 Å². The van der Waals surface area contributed by atoms with Crippen LogP contribution in [0.1, 0.15) is 12.0 Å². The summed E-state index contributed by atoms with van der Waals surface area (Å²) in [5.74, 6) is 0. The maximum absolute atomic E-state index is 6.16. The molecule has 0 heterocycles. The molecule has 0 spiro atoms. The third-order valence-corrected chi connectivity index (χ3v) is 3.69. The fraction of sp³-hybridized carbons (Fsp3) is 0.235. The number of hydrogen-bond donors (Lipinski definition) is 1. The molecule has 0 saturated heterocycles. The van der Waals surface area contributed by atoms with Gasteiger partial charge in [-0.15, -0.1) is 0 Å². The van der Waals surface area contributed by atoms with Crippen molar-refractivity contribution in [2.45, 2.75) is 6.42 Å². The fourth-order valence-electron chi connectivity index (χ4n) is 1.93. The van der Waals surface area contributed by atoms with Crippen LogP contribution < -0.4 is 5.43 Å². The summed E-state index contributed by atoms with van der Waals surface area (Å²) in [5, 5.41) is 5.70. The lowest BCUT2D eigenvalue weighted by molar-refractivity contribution is 0.422. The molecule has 0 aliphatic heterocycles. The van der Waals surface area contributed by atoms with Crippen LogP contribution in [0.25, 0.3) is 0 Å². The van der Waals surface area contributed by atoms with Gasteiger partial charge in [-0.2, -0.15) is 5.10 Å². The van der Waals surface area contributed by atoms with E-state index >= 15 is 0 Å². The molecular weight excluding hydrogens is 317 g/mol. The first-order valence-corrected chi connectivity index (χ1v) is 7.79. The molecule has 2 aromatic carbocycles. The van der Waals surface area contributed by atoms with E-state index in [2.05, 4.69) is 27.6 Å². The summed E-state index contributed by atoms with van der Waals surface area (Å²) in [5.41, 5.74) is 5.87. The molecular formula is C17H19Cl2N3. The first-order chi connectivity index (χ1) is 10.6. The number of rotatable bonds is 6. The van der Waals surface area contributed by atoms with E-state index in [0.29, 0.717) is 10.0 Å². The van der Waals surface area contributed by atoms with E-state index in [1.54, 1.807) is 12.1 Å². The van der Waals surface area contributed by atoms with Crippen molar-refractivity contribution >= 4 is 34.6 Å². The molecule has 0 aromatic heterocycles. The van der Waals surface area contributed by atoms with Gasteiger partial charge in [0.1, 0.15) is 0 Å². The molecule has 0 bridgehead atoms. The van der Waals surface area contributed by atoms with E-state index in [1.165, 1.54) is 0 Å². The van der Waals surface area contributed by atoms with Crippen LogP contribution >= 0.6 is 23.2 Å². The first-order valence-electron chi connectivity index (χ1n) is 7.04. The van der Waals surface area contributed by atoms with Gasteiger partial charge in [0.25, 0.3) is 0 Å². The molecule has 0 fully saturated rings. The maximum Gasteiger partial charge on any atom is 0.0749 e. The van der Waals surface area contributed by atoms with Crippen molar-refractivity contribution in [1.82, 2.24) is 4.90 Å². The van der Waals surface area contributed by atoms with E-state index in [9.17, 15) is 0 Å². The average Bonchev–Trinajstić information content (AvgIpc) is 2.49. The van der Waals surface area contributed by atoms with Gasteiger partial charge in [0, 0.05) is 18.0 Å². The summed E-state index contributed by atoms with van der Waals surface area (Å²) < 4.78 is 0. The minimum absolute atomic E-state index is 0.552. The second kappa shape index (κ2) is 8.18. The molecule has 2 rings (SSSR count). The van der Waals surface area contributed by atoms with E-state index in [0.717, 1.165) is 29.9 Å². The smallest absolute Gasteiger partial charge is 0.0749 e. The van der Waals surface area contributed by atoms with Crippen molar-refractivity contribution in [3.05, 3.63) is 64.1 Å². The monoisotopic (exact) mass is 335 g/mol. The Hall–Kier alpha value is -1.55. The third-order valence-electron chi connectivity index (χ3n) is 3.15. The molecule has 2 aromatic rings. The van der Waals surface area contributed by atoms with Gasteiger partial charge in [0.05, 0.1) is 16.4 Å². The van der Waals surface area contributed by atoms with Gasteiger partial charge < -0.3 is 4.90 Å². The molecule has 116 valence electrons. The Morgan fingerprint density at radius 2 is 1.82 bits per heavy atom. The van der Waals surface area contributed by atoms with Crippen LogP contribution in [0.5, 0.6) is 0 Å². The first kappa shape index (κ1) is 16.8. The topological polar surface area (TPSA) is 27.6 Å². The predicted molar refractivity (Wildman–Crippen MR) is 96.2 cm³/mol. The lowest BCUT2D eigenvalue weighted by Gasteiger charge is -2.12. The summed E-state index contributed by atoms with van der Waals surface area (Å²) in [6.45, 7) is 0.920. The van der Waals surface area contributed by atoms with Crippen molar-refractivity contribution in [2.24, 2.45) is 5.10 Å². The summed E-state index contributed by atoms with van der Waals surface area (Å²) in [4.78, 5) is 2.13. The molecule has 0 unspecified atom stereocenters. The summed E-state index contributed by atoms with van der Waals surface area (Å²) in [7, 11) is 4.10. The molecule has 3 nitrogen and oxygen atoms in total. The fourth-order valence-corrected chi connectivity index (χ4v) is 2.38. The predicted octanol–water partition coefficient (Wildman–Crippen LogP) is 4.76. The molecule has 0 atom stereocenters. The normalized spacial score (nSPS) is 11.8. The van der Waals surface area contributed by atoms with Gasteiger partial charge in [-0.3, -0.25) is 5.43 Å². The molecule has 0 saturated carbocycles. The van der Waals surface area contributed by atoms with Gasteiger partial charge >= 0.3 is 0 Å². The number of anilines is 1. The van der Waals surface area contributed by atoms with Gasteiger partial charge in [0.15, 0.2) is 0 Å². The lowest BCUT2D eigenvalue weighted by atomic mass is 10.1. The van der Waals surface area contributed by atoms with Crippen LogP contribution in [0.15, 0.2) is 53.6 Å². The molecule has 0 aliphatic rings. The minimum Gasteiger partial charge on any atom is -0.309 e. The van der Waals surface area contributed by atoms with E-state index in [1.807, 2.05) is 38.4 Å². The Morgan fingerprint density at radius 3 is 2.45 bits per heavy atom. The third kappa shape index (κ3) is 5.02. The largest absolute Gasteiger partial charge is 0.309 e. The van der Waals surface area contributed by atoms with Crippen LogP contribution in [-0.2, 0) is 0 Å². The number of nitrogens with zero attached hydrogens (tertiary/aromatic N) is 2. The number of hydrogen-bond acceptors (Lipinski definition) is 3. The zero-order chi connectivity index (χ0) is 15.9. The highest BCUT2D eigenvalue weighted by Gasteiger charge is 2.06. The summed E-state index contributed by atoms with van der Waals surface area (Å²) >= 11 is 12.1. The number of benzene rings is 2. The number of halogens is 2. The lowest BCUT2D eigenvalue weighted by Crippen LogP contribution is -2.18. The second-order valence-electron chi connectivity index (χ2n) is 5.21. The quantitative estimate of drug-likeness (QED) is 0.608. The molecule has 0 radical (unpaired) electrons. The number of hydrazone groups is 1. The zero-order valence-electron chi connectivity index (χ0n) is 12.7. The Kier molecular flexibility index (Phi) is 6.25. The van der Waals surface area contributed by atoms with Crippen molar-refractivity contribution in [2.75, 3.05) is 26.1 Å². The highest BCUT2D eigenvalue weighted by molar-refractivity contribution is 6.36. The zero-order valence-corrected chi connectivity index (χ0v) is 14.2. The van der Waals surface area contributed by atoms with Gasteiger partial charge in [-0.25, -0.2) is 0 Å². The molecule has 0 aliphatic carbocycles. The molecule has 0 amide bonds. The van der Waals surface area contributed by atoms with E-state index < -0.39 is 0 Å². The van der Waals surface area contributed by atoms with Crippen molar-refractivity contribution in [3.8, 4) is 0 Å². The number of nitrogens with one attached hydrogen (secondary N) is 1. The SMILES string of the molecule is CN(C)CC/C(=N/Nc1ccc(Cl)cc1Cl)c1ccccc1. The Morgan fingerprint density at radius 1 is 1.09 bits per heavy atom. The van der Waals surface area contributed by atoms with Crippen LogP contribution in [0.3, 0.4) is 0 Å². The Bertz CT molecular complexity index is 640. The molecule has 5 heteroatoms. The summed E-state index contributed by atoms with van der Waals surface area (Å²) in [6, 6.07) is 15.4. The van der Waals surface area contributed by atoms with Gasteiger partial charge in [0.2, 0.25) is 0 Å². The Balaban J connectivity index is 2.20.